The lowest BCUT2D eigenvalue weighted by atomic mass is 9.97. The number of carbonyl (C=O) groups excluding carboxylic acids is 1. The number of amides is 1. The molecule has 1 amide bonds. The van der Waals surface area contributed by atoms with Crippen molar-refractivity contribution in [3.8, 4) is 0 Å². The minimum Gasteiger partial charge on any atom is -0.445 e. The predicted octanol–water partition coefficient (Wildman–Crippen LogP) is 3.36. The number of carbonyl (C=O) groups is 1. The quantitative estimate of drug-likeness (QED) is 0.791. The summed E-state index contributed by atoms with van der Waals surface area (Å²) in [6.07, 6.45) is 6.37. The molecule has 2 aromatic rings. The summed E-state index contributed by atoms with van der Waals surface area (Å²) < 4.78 is 5.86. The molecule has 0 aliphatic carbocycles. The largest absolute Gasteiger partial charge is 0.445 e. The van der Waals surface area contributed by atoms with Crippen LogP contribution in [0.1, 0.15) is 56.5 Å². The van der Waals surface area contributed by atoms with Crippen molar-refractivity contribution in [1.82, 2.24) is 15.3 Å². The van der Waals surface area contributed by atoms with Crippen LogP contribution in [-0.4, -0.2) is 22.4 Å². The number of hydrogen-bond acceptors (Lipinski definition) is 4. The maximum Gasteiger partial charge on any atom is 0.220 e. The van der Waals surface area contributed by atoms with Crippen LogP contribution in [0.25, 0.3) is 0 Å². The molecule has 0 aliphatic heterocycles. The molecular formula is C19H27N3O2. The molecule has 0 atom stereocenters. The van der Waals surface area contributed by atoms with E-state index in [9.17, 15) is 4.79 Å². The number of nitrogens with one attached hydrogen (secondary N) is 1. The van der Waals surface area contributed by atoms with Crippen LogP contribution in [0.2, 0.25) is 0 Å². The summed E-state index contributed by atoms with van der Waals surface area (Å²) in [5.74, 6) is 1.77. The van der Waals surface area contributed by atoms with E-state index in [2.05, 4.69) is 36.1 Å². The van der Waals surface area contributed by atoms with Crippen LogP contribution >= 0.6 is 0 Å². The van der Waals surface area contributed by atoms with E-state index in [1.165, 1.54) is 0 Å². The first kappa shape index (κ1) is 18.2. The number of hydrogen-bond donors (Lipinski definition) is 1. The van der Waals surface area contributed by atoms with Gasteiger partial charge in [0.1, 0.15) is 5.76 Å². The van der Waals surface area contributed by atoms with E-state index in [4.69, 9.17) is 4.42 Å². The summed E-state index contributed by atoms with van der Waals surface area (Å²) in [7, 11) is 0. The molecule has 0 spiro atoms. The molecule has 130 valence electrons. The topological polar surface area (TPSA) is 68.0 Å². The Hall–Kier alpha value is -2.17. The Morgan fingerprint density at radius 3 is 2.71 bits per heavy atom. The zero-order valence-corrected chi connectivity index (χ0v) is 15.1. The third-order valence-electron chi connectivity index (χ3n) is 3.80. The minimum atomic E-state index is -0.0798. The Morgan fingerprint density at radius 1 is 1.29 bits per heavy atom. The number of aromatic nitrogens is 2. The predicted molar refractivity (Wildman–Crippen MR) is 93.8 cm³/mol. The molecule has 0 bridgehead atoms. The zero-order valence-electron chi connectivity index (χ0n) is 15.1. The van der Waals surface area contributed by atoms with Gasteiger partial charge in [0.2, 0.25) is 5.91 Å². The molecule has 24 heavy (non-hydrogen) atoms. The number of rotatable bonds is 7. The summed E-state index contributed by atoms with van der Waals surface area (Å²) in [6.45, 7) is 8.89. The van der Waals surface area contributed by atoms with E-state index in [0.29, 0.717) is 13.0 Å². The van der Waals surface area contributed by atoms with Gasteiger partial charge in [-0.1, -0.05) is 26.8 Å². The van der Waals surface area contributed by atoms with Crippen molar-refractivity contribution in [2.45, 2.75) is 58.8 Å². The standard InChI is InChI=1S/C19H27N3O2/c1-14-16(24-18(22-14)19(2,3)4)8-6-12-21-17(23)10-9-15-7-5-11-20-13-15/h5,7,11,13H,6,8-10,12H2,1-4H3,(H,21,23). The lowest BCUT2D eigenvalue weighted by molar-refractivity contribution is -0.121. The second kappa shape index (κ2) is 8.08. The first-order valence-electron chi connectivity index (χ1n) is 8.48. The van der Waals surface area contributed by atoms with E-state index >= 15 is 0 Å². The molecule has 0 fully saturated rings. The van der Waals surface area contributed by atoms with Gasteiger partial charge in [-0.2, -0.15) is 0 Å². The Morgan fingerprint density at radius 2 is 2.08 bits per heavy atom. The van der Waals surface area contributed by atoms with Crippen molar-refractivity contribution >= 4 is 5.91 Å². The van der Waals surface area contributed by atoms with E-state index in [0.717, 1.165) is 42.2 Å². The number of aryl methyl sites for hydroxylation is 3. The Balaban J connectivity index is 1.69. The van der Waals surface area contributed by atoms with E-state index in [1.54, 1.807) is 12.4 Å². The molecule has 0 saturated heterocycles. The first-order valence-corrected chi connectivity index (χ1v) is 8.48. The van der Waals surface area contributed by atoms with Gasteiger partial charge in [0.05, 0.1) is 5.69 Å². The highest BCUT2D eigenvalue weighted by Gasteiger charge is 2.21. The van der Waals surface area contributed by atoms with Gasteiger partial charge in [0, 0.05) is 37.2 Å². The fourth-order valence-corrected chi connectivity index (χ4v) is 2.35. The van der Waals surface area contributed by atoms with Gasteiger partial charge in [0.25, 0.3) is 0 Å². The SMILES string of the molecule is Cc1nc(C(C)(C)C)oc1CCCNC(=O)CCc1cccnc1. The molecule has 5 heteroatoms. The van der Waals surface area contributed by atoms with Crippen LogP contribution < -0.4 is 5.32 Å². The van der Waals surface area contributed by atoms with Gasteiger partial charge in [-0.3, -0.25) is 9.78 Å². The van der Waals surface area contributed by atoms with Gasteiger partial charge in [-0.15, -0.1) is 0 Å². The van der Waals surface area contributed by atoms with E-state index in [-0.39, 0.29) is 11.3 Å². The molecule has 0 unspecified atom stereocenters. The highest BCUT2D eigenvalue weighted by atomic mass is 16.4. The van der Waals surface area contributed by atoms with Crippen LogP contribution in [0, 0.1) is 6.92 Å². The van der Waals surface area contributed by atoms with Crippen molar-refractivity contribution in [2.75, 3.05) is 6.54 Å². The highest BCUT2D eigenvalue weighted by molar-refractivity contribution is 5.76. The lowest BCUT2D eigenvalue weighted by Gasteiger charge is -2.12. The third kappa shape index (κ3) is 5.48. The second-order valence-corrected chi connectivity index (χ2v) is 7.09. The molecular weight excluding hydrogens is 302 g/mol. The molecule has 1 N–H and O–H groups in total. The Bertz CT molecular complexity index is 657. The monoisotopic (exact) mass is 329 g/mol. The fourth-order valence-electron chi connectivity index (χ4n) is 2.35. The van der Waals surface area contributed by atoms with Crippen molar-refractivity contribution in [3.63, 3.8) is 0 Å². The van der Waals surface area contributed by atoms with Gasteiger partial charge in [-0.05, 0) is 31.4 Å². The Labute approximate surface area is 143 Å². The molecule has 5 nitrogen and oxygen atoms in total. The van der Waals surface area contributed by atoms with Gasteiger partial charge in [0.15, 0.2) is 5.89 Å². The number of oxazole rings is 1. The average Bonchev–Trinajstić information content (AvgIpc) is 2.92. The summed E-state index contributed by atoms with van der Waals surface area (Å²) >= 11 is 0. The maximum absolute atomic E-state index is 11.9. The number of nitrogens with zero attached hydrogens (tertiary/aromatic N) is 2. The van der Waals surface area contributed by atoms with E-state index in [1.807, 2.05) is 19.1 Å². The van der Waals surface area contributed by atoms with Crippen molar-refractivity contribution < 1.29 is 9.21 Å². The van der Waals surface area contributed by atoms with Crippen molar-refractivity contribution in [1.29, 1.82) is 0 Å². The van der Waals surface area contributed by atoms with Crippen LogP contribution in [0.3, 0.4) is 0 Å². The normalized spacial score (nSPS) is 11.5. The van der Waals surface area contributed by atoms with Crippen LogP contribution in [-0.2, 0) is 23.1 Å². The fraction of sp³-hybridized carbons (Fsp3) is 0.526. The molecule has 0 aliphatic rings. The van der Waals surface area contributed by atoms with E-state index < -0.39 is 0 Å². The molecule has 2 aromatic heterocycles. The van der Waals surface area contributed by atoms with Crippen LogP contribution in [0.5, 0.6) is 0 Å². The zero-order chi connectivity index (χ0) is 17.6. The lowest BCUT2D eigenvalue weighted by Crippen LogP contribution is -2.25. The van der Waals surface area contributed by atoms with Crippen LogP contribution in [0.15, 0.2) is 28.9 Å². The van der Waals surface area contributed by atoms with Crippen LogP contribution in [0.4, 0.5) is 0 Å². The molecule has 0 aromatic carbocycles. The molecule has 0 radical (unpaired) electrons. The summed E-state index contributed by atoms with van der Waals surface area (Å²) in [4.78, 5) is 20.4. The van der Waals surface area contributed by atoms with Gasteiger partial charge in [-0.25, -0.2) is 4.98 Å². The molecule has 2 rings (SSSR count). The maximum atomic E-state index is 11.9. The number of pyridine rings is 1. The van der Waals surface area contributed by atoms with Crippen molar-refractivity contribution in [3.05, 3.63) is 47.4 Å². The second-order valence-electron chi connectivity index (χ2n) is 7.09. The van der Waals surface area contributed by atoms with Gasteiger partial charge >= 0.3 is 0 Å². The Kier molecular flexibility index (Phi) is 6.12. The summed E-state index contributed by atoms with van der Waals surface area (Å²) in [5.41, 5.74) is 1.95. The minimum absolute atomic E-state index is 0.0727. The molecule has 2 heterocycles. The average molecular weight is 329 g/mol. The summed E-state index contributed by atoms with van der Waals surface area (Å²) in [6, 6.07) is 3.87. The van der Waals surface area contributed by atoms with Gasteiger partial charge < -0.3 is 9.73 Å². The highest BCUT2D eigenvalue weighted by Crippen LogP contribution is 2.24. The first-order chi connectivity index (χ1) is 11.4. The summed E-state index contributed by atoms with van der Waals surface area (Å²) in [5, 5.41) is 2.96. The third-order valence-corrected chi connectivity index (χ3v) is 3.80. The molecule has 0 saturated carbocycles. The van der Waals surface area contributed by atoms with Crippen molar-refractivity contribution in [2.24, 2.45) is 0 Å². The smallest absolute Gasteiger partial charge is 0.220 e.